The molecular formula is C18H18N2O5S. The molecule has 2 aromatic carbocycles. The van der Waals surface area contributed by atoms with Gasteiger partial charge in [-0.05, 0) is 18.2 Å². The number of anilines is 1. The average molecular weight is 374 g/mol. The fourth-order valence-corrected chi connectivity index (χ4v) is 3.34. The van der Waals surface area contributed by atoms with Gasteiger partial charge in [0.15, 0.2) is 16.6 Å². The Hall–Kier alpha value is -3.00. The largest absolute Gasteiger partial charge is 0.497 e. The van der Waals surface area contributed by atoms with Gasteiger partial charge in [0.1, 0.15) is 11.5 Å². The Morgan fingerprint density at radius 3 is 2.27 bits per heavy atom. The highest BCUT2D eigenvalue weighted by atomic mass is 32.1. The van der Waals surface area contributed by atoms with Gasteiger partial charge in [-0.1, -0.05) is 11.3 Å². The lowest BCUT2D eigenvalue weighted by Gasteiger charge is -2.09. The molecule has 136 valence electrons. The molecule has 0 atom stereocenters. The second-order valence-electron chi connectivity index (χ2n) is 5.21. The number of nitrogens with one attached hydrogen (secondary N) is 1. The summed E-state index contributed by atoms with van der Waals surface area (Å²) < 4.78 is 21.9. The Morgan fingerprint density at radius 1 is 0.923 bits per heavy atom. The molecule has 0 unspecified atom stereocenters. The third-order valence-electron chi connectivity index (χ3n) is 3.77. The van der Waals surface area contributed by atoms with E-state index in [9.17, 15) is 4.79 Å². The molecule has 3 aromatic rings. The van der Waals surface area contributed by atoms with Crippen LogP contribution in [0.4, 0.5) is 5.13 Å². The van der Waals surface area contributed by atoms with Crippen LogP contribution in [0.3, 0.4) is 0 Å². The first kappa shape index (κ1) is 17.8. The van der Waals surface area contributed by atoms with Crippen molar-refractivity contribution >= 4 is 32.6 Å². The number of hydrogen-bond acceptors (Lipinski definition) is 7. The molecule has 0 aliphatic rings. The van der Waals surface area contributed by atoms with Crippen molar-refractivity contribution in [1.29, 1.82) is 0 Å². The van der Waals surface area contributed by atoms with Crippen molar-refractivity contribution in [2.45, 2.75) is 0 Å². The number of rotatable bonds is 6. The predicted molar refractivity (Wildman–Crippen MR) is 100 cm³/mol. The molecule has 0 saturated heterocycles. The number of hydrogen-bond donors (Lipinski definition) is 1. The third-order valence-corrected chi connectivity index (χ3v) is 4.70. The number of methoxy groups -OCH3 is 4. The summed E-state index contributed by atoms with van der Waals surface area (Å²) in [7, 11) is 6.18. The molecule has 8 heteroatoms. The van der Waals surface area contributed by atoms with E-state index < -0.39 is 0 Å². The molecule has 0 spiro atoms. The molecule has 0 aliphatic heterocycles. The van der Waals surface area contributed by atoms with E-state index in [2.05, 4.69) is 10.3 Å². The first-order chi connectivity index (χ1) is 12.6. The van der Waals surface area contributed by atoms with E-state index in [4.69, 9.17) is 18.9 Å². The molecule has 1 heterocycles. The minimum Gasteiger partial charge on any atom is -0.497 e. The van der Waals surface area contributed by atoms with Crippen LogP contribution in [0.15, 0.2) is 30.3 Å². The van der Waals surface area contributed by atoms with E-state index in [-0.39, 0.29) is 5.91 Å². The van der Waals surface area contributed by atoms with E-state index in [1.807, 2.05) is 6.07 Å². The highest BCUT2D eigenvalue weighted by Crippen LogP contribution is 2.36. The van der Waals surface area contributed by atoms with Crippen LogP contribution in [0, 0.1) is 0 Å². The summed E-state index contributed by atoms with van der Waals surface area (Å²) in [5, 5.41) is 3.26. The number of fused-ring (bicyclic) bond motifs is 1. The number of ether oxygens (including phenoxy) is 4. The molecule has 1 N–H and O–H groups in total. The van der Waals surface area contributed by atoms with Crippen molar-refractivity contribution in [2.24, 2.45) is 0 Å². The topological polar surface area (TPSA) is 78.9 Å². The third kappa shape index (κ3) is 3.36. The Morgan fingerprint density at radius 2 is 1.62 bits per heavy atom. The summed E-state index contributed by atoms with van der Waals surface area (Å²) in [6, 6.07) is 8.63. The zero-order valence-corrected chi connectivity index (χ0v) is 15.6. The van der Waals surface area contributed by atoms with E-state index in [1.54, 1.807) is 38.5 Å². The molecular weight excluding hydrogens is 356 g/mol. The van der Waals surface area contributed by atoms with Crippen molar-refractivity contribution in [3.63, 3.8) is 0 Å². The second-order valence-corrected chi connectivity index (χ2v) is 6.24. The average Bonchev–Trinajstić information content (AvgIpc) is 3.06. The number of carbonyl (C=O) groups excluding carboxylic acids is 1. The Balaban J connectivity index is 1.92. The molecule has 0 saturated carbocycles. The van der Waals surface area contributed by atoms with Crippen molar-refractivity contribution in [1.82, 2.24) is 4.98 Å². The van der Waals surface area contributed by atoms with Crippen LogP contribution >= 0.6 is 11.3 Å². The summed E-state index contributed by atoms with van der Waals surface area (Å²) in [6.45, 7) is 0. The van der Waals surface area contributed by atoms with Crippen LogP contribution in [-0.4, -0.2) is 39.3 Å². The van der Waals surface area contributed by atoms with Crippen molar-refractivity contribution in [2.75, 3.05) is 33.8 Å². The van der Waals surface area contributed by atoms with Gasteiger partial charge < -0.3 is 18.9 Å². The van der Waals surface area contributed by atoms with E-state index in [0.29, 0.717) is 39.2 Å². The monoisotopic (exact) mass is 374 g/mol. The van der Waals surface area contributed by atoms with Gasteiger partial charge in [-0.2, -0.15) is 0 Å². The maximum Gasteiger partial charge on any atom is 0.261 e. The summed E-state index contributed by atoms with van der Waals surface area (Å²) >= 11 is 1.34. The SMILES string of the molecule is COc1ccc(OC)c(C(=O)Nc2nc3cc(OC)c(OC)cc3s2)c1. The highest BCUT2D eigenvalue weighted by molar-refractivity contribution is 7.22. The Bertz CT molecular complexity index is 913. The number of thiazole rings is 1. The van der Waals surface area contributed by atoms with Gasteiger partial charge in [-0.3, -0.25) is 10.1 Å². The smallest absolute Gasteiger partial charge is 0.261 e. The lowest BCUT2D eigenvalue weighted by Crippen LogP contribution is -2.13. The first-order valence-corrected chi connectivity index (χ1v) is 8.47. The van der Waals surface area contributed by atoms with Crippen LogP contribution in [0.5, 0.6) is 23.0 Å². The molecule has 3 rings (SSSR count). The van der Waals surface area contributed by atoms with Gasteiger partial charge in [-0.15, -0.1) is 0 Å². The number of aromatic nitrogens is 1. The lowest BCUT2D eigenvalue weighted by molar-refractivity contribution is 0.102. The van der Waals surface area contributed by atoms with Crippen molar-refractivity contribution < 1.29 is 23.7 Å². The summed E-state index contributed by atoms with van der Waals surface area (Å²) in [5.41, 5.74) is 1.07. The Kier molecular flexibility index (Phi) is 5.13. The second kappa shape index (κ2) is 7.49. The van der Waals surface area contributed by atoms with E-state index >= 15 is 0 Å². The van der Waals surface area contributed by atoms with Crippen molar-refractivity contribution in [3.8, 4) is 23.0 Å². The molecule has 0 aliphatic carbocycles. The first-order valence-electron chi connectivity index (χ1n) is 7.65. The van der Waals surface area contributed by atoms with Crippen LogP contribution in [0.25, 0.3) is 10.2 Å². The normalized spacial score (nSPS) is 10.5. The molecule has 0 radical (unpaired) electrons. The van der Waals surface area contributed by atoms with Gasteiger partial charge >= 0.3 is 0 Å². The number of carbonyl (C=O) groups is 1. The summed E-state index contributed by atoms with van der Waals surface area (Å²) in [4.78, 5) is 17.1. The molecule has 0 bridgehead atoms. The fourth-order valence-electron chi connectivity index (χ4n) is 2.46. The molecule has 26 heavy (non-hydrogen) atoms. The molecule has 1 amide bonds. The highest BCUT2D eigenvalue weighted by Gasteiger charge is 2.17. The summed E-state index contributed by atoms with van der Waals surface area (Å²) in [6.07, 6.45) is 0. The summed E-state index contributed by atoms with van der Waals surface area (Å²) in [5.74, 6) is 1.87. The van der Waals surface area contributed by atoms with Crippen LogP contribution < -0.4 is 24.3 Å². The standard InChI is InChI=1S/C18H18N2O5S/c1-22-10-5-6-13(23-2)11(7-10)17(21)20-18-19-12-8-14(24-3)15(25-4)9-16(12)26-18/h5-9H,1-4H3,(H,19,20,21). The number of benzene rings is 2. The molecule has 1 aromatic heterocycles. The quantitative estimate of drug-likeness (QED) is 0.710. The number of amides is 1. The number of nitrogens with zero attached hydrogens (tertiary/aromatic N) is 1. The van der Waals surface area contributed by atoms with Gasteiger partial charge in [0.05, 0.1) is 44.2 Å². The maximum absolute atomic E-state index is 12.7. The molecule has 0 fully saturated rings. The van der Waals surface area contributed by atoms with Gasteiger partial charge in [0.2, 0.25) is 0 Å². The van der Waals surface area contributed by atoms with Crippen LogP contribution in [-0.2, 0) is 0 Å². The van der Waals surface area contributed by atoms with Crippen LogP contribution in [0.2, 0.25) is 0 Å². The van der Waals surface area contributed by atoms with Gasteiger partial charge in [-0.25, -0.2) is 4.98 Å². The van der Waals surface area contributed by atoms with E-state index in [0.717, 1.165) is 4.70 Å². The minimum atomic E-state index is -0.335. The van der Waals surface area contributed by atoms with Gasteiger partial charge in [0, 0.05) is 12.1 Å². The predicted octanol–water partition coefficient (Wildman–Crippen LogP) is 3.58. The Labute approximate surface area is 154 Å². The van der Waals surface area contributed by atoms with Crippen molar-refractivity contribution in [3.05, 3.63) is 35.9 Å². The minimum absolute atomic E-state index is 0.335. The zero-order chi connectivity index (χ0) is 18.7. The fraction of sp³-hybridized carbons (Fsp3) is 0.222. The van der Waals surface area contributed by atoms with Gasteiger partial charge in [0.25, 0.3) is 5.91 Å². The lowest BCUT2D eigenvalue weighted by atomic mass is 10.2. The zero-order valence-electron chi connectivity index (χ0n) is 14.8. The van der Waals surface area contributed by atoms with Crippen LogP contribution in [0.1, 0.15) is 10.4 Å². The molecule has 7 nitrogen and oxygen atoms in total. The van der Waals surface area contributed by atoms with E-state index in [1.165, 1.54) is 25.6 Å². The maximum atomic E-state index is 12.7.